The number of imidazole rings is 1. The lowest BCUT2D eigenvalue weighted by Crippen LogP contribution is -2.33. The van der Waals surface area contributed by atoms with E-state index in [0.717, 1.165) is 23.4 Å². The third-order valence-electron chi connectivity index (χ3n) is 8.21. The lowest BCUT2D eigenvalue weighted by Gasteiger charge is -2.29. The Hall–Kier alpha value is -4.40. The standard InChI is InChI=1S/C32H27ClF5N7O2/c33-22-3-1-20(25(35)13-22)17-47-27-12-19(2-4-24(27)34)18-5-8-44(9-6-18)16-28-40-26-11-21(29-41-31(43-42-29)32(36,37)38)14-39-30(26)45(28)15-23-7-10-46-23/h1-5,11-14,23H,6-10,15-17H2,(H,41,42,43). The summed E-state index contributed by atoms with van der Waals surface area (Å²) in [5, 5.41) is 5.91. The first-order chi connectivity index (χ1) is 22.6. The monoisotopic (exact) mass is 671 g/mol. The van der Waals surface area contributed by atoms with Crippen LogP contribution < -0.4 is 4.74 Å². The van der Waals surface area contributed by atoms with Crippen molar-refractivity contribution in [2.75, 3.05) is 19.7 Å². The first kappa shape index (κ1) is 31.2. The SMILES string of the molecule is Fc1cc(Cl)ccc1COc1cc(C2=CCN(Cc3nc4cc(-c5n[nH]c(C(F)(F)F)n5)cnc4n3CC3CCO3)CC2)ccc1F. The highest BCUT2D eigenvalue weighted by Crippen LogP contribution is 2.31. The van der Waals surface area contributed by atoms with E-state index in [1.54, 1.807) is 24.3 Å². The Labute approximate surface area is 270 Å². The molecule has 47 heavy (non-hydrogen) atoms. The molecule has 15 heteroatoms. The first-order valence-electron chi connectivity index (χ1n) is 14.9. The normalized spacial score (nSPS) is 17.1. The van der Waals surface area contributed by atoms with Gasteiger partial charge in [-0.05, 0) is 54.3 Å². The molecule has 1 unspecified atom stereocenters. The van der Waals surface area contributed by atoms with Crippen LogP contribution in [0.3, 0.4) is 0 Å². The number of hydrogen-bond donors (Lipinski definition) is 1. The predicted octanol–water partition coefficient (Wildman–Crippen LogP) is 6.82. The predicted molar refractivity (Wildman–Crippen MR) is 162 cm³/mol. The first-order valence-corrected chi connectivity index (χ1v) is 15.2. The number of nitrogens with zero attached hydrogens (tertiary/aromatic N) is 6. The molecule has 0 aliphatic carbocycles. The number of aromatic nitrogens is 6. The van der Waals surface area contributed by atoms with Crippen molar-refractivity contribution in [1.82, 2.24) is 34.6 Å². The van der Waals surface area contributed by atoms with Crippen LogP contribution in [0.25, 0.3) is 28.1 Å². The van der Waals surface area contributed by atoms with Crippen LogP contribution in [-0.2, 0) is 30.6 Å². The van der Waals surface area contributed by atoms with Crippen LogP contribution in [0.4, 0.5) is 22.0 Å². The second-order valence-corrected chi connectivity index (χ2v) is 11.8. The van der Waals surface area contributed by atoms with Crippen LogP contribution in [0.5, 0.6) is 5.75 Å². The molecule has 5 aromatic rings. The van der Waals surface area contributed by atoms with Crippen LogP contribution in [0, 0.1) is 11.6 Å². The third kappa shape index (κ3) is 6.71. The maximum absolute atomic E-state index is 14.6. The molecule has 0 radical (unpaired) electrons. The van der Waals surface area contributed by atoms with E-state index in [-0.39, 0.29) is 34.9 Å². The van der Waals surface area contributed by atoms with Gasteiger partial charge in [-0.2, -0.15) is 18.3 Å². The van der Waals surface area contributed by atoms with Gasteiger partial charge in [-0.15, -0.1) is 0 Å². The number of ether oxygens (including phenoxy) is 2. The van der Waals surface area contributed by atoms with Gasteiger partial charge < -0.3 is 14.0 Å². The number of benzene rings is 2. The number of halogens is 6. The summed E-state index contributed by atoms with van der Waals surface area (Å²) < 4.78 is 81.2. The van der Waals surface area contributed by atoms with Gasteiger partial charge in [-0.3, -0.25) is 10.00 Å². The molecular weight excluding hydrogens is 645 g/mol. The summed E-state index contributed by atoms with van der Waals surface area (Å²) in [4.78, 5) is 15.1. The highest BCUT2D eigenvalue weighted by molar-refractivity contribution is 6.30. The quantitative estimate of drug-likeness (QED) is 0.172. The molecular formula is C32H27ClF5N7O2. The molecule has 0 saturated carbocycles. The van der Waals surface area contributed by atoms with Crippen molar-refractivity contribution in [1.29, 1.82) is 0 Å². The highest BCUT2D eigenvalue weighted by atomic mass is 35.5. The number of fused-ring (bicyclic) bond motifs is 1. The largest absolute Gasteiger partial charge is 0.486 e. The molecule has 0 amide bonds. The molecule has 1 fully saturated rings. The van der Waals surface area contributed by atoms with Crippen molar-refractivity contribution in [3.63, 3.8) is 0 Å². The number of rotatable bonds is 9. The molecule has 2 aromatic carbocycles. The van der Waals surface area contributed by atoms with E-state index in [0.29, 0.717) is 55.9 Å². The molecule has 1 saturated heterocycles. The van der Waals surface area contributed by atoms with Crippen LogP contribution in [0.1, 0.15) is 35.6 Å². The fourth-order valence-electron chi connectivity index (χ4n) is 5.57. The maximum atomic E-state index is 14.6. The van der Waals surface area contributed by atoms with Crippen LogP contribution in [0.15, 0.2) is 54.7 Å². The Morgan fingerprint density at radius 3 is 2.60 bits per heavy atom. The zero-order valence-corrected chi connectivity index (χ0v) is 25.5. The van der Waals surface area contributed by atoms with E-state index in [9.17, 15) is 22.0 Å². The average Bonchev–Trinajstić information content (AvgIpc) is 3.65. The highest BCUT2D eigenvalue weighted by Gasteiger charge is 2.35. The molecule has 3 aromatic heterocycles. The van der Waals surface area contributed by atoms with Crippen LogP contribution in [0.2, 0.25) is 5.02 Å². The summed E-state index contributed by atoms with van der Waals surface area (Å²) >= 11 is 5.82. The van der Waals surface area contributed by atoms with E-state index in [1.807, 2.05) is 9.67 Å². The fourth-order valence-corrected chi connectivity index (χ4v) is 5.73. The topological polar surface area (TPSA) is 94.0 Å². The van der Waals surface area contributed by atoms with Crippen molar-refractivity contribution in [2.24, 2.45) is 0 Å². The Morgan fingerprint density at radius 1 is 1.04 bits per heavy atom. The van der Waals surface area contributed by atoms with E-state index in [1.165, 1.54) is 24.4 Å². The van der Waals surface area contributed by atoms with Gasteiger partial charge in [-0.1, -0.05) is 29.8 Å². The van der Waals surface area contributed by atoms with Crippen molar-refractivity contribution >= 4 is 28.3 Å². The third-order valence-corrected chi connectivity index (χ3v) is 8.45. The molecule has 0 bridgehead atoms. The number of aromatic amines is 1. The lowest BCUT2D eigenvalue weighted by atomic mass is 9.99. The Kier molecular flexibility index (Phi) is 8.41. The minimum Gasteiger partial charge on any atom is -0.486 e. The van der Waals surface area contributed by atoms with Crippen molar-refractivity contribution < 1.29 is 31.4 Å². The Balaban J connectivity index is 1.08. The van der Waals surface area contributed by atoms with Gasteiger partial charge in [0.1, 0.15) is 23.8 Å². The van der Waals surface area contributed by atoms with Gasteiger partial charge >= 0.3 is 6.18 Å². The Bertz CT molecular complexity index is 1970. The van der Waals surface area contributed by atoms with Gasteiger partial charge in [0.15, 0.2) is 23.0 Å². The molecule has 5 heterocycles. The number of hydrogen-bond acceptors (Lipinski definition) is 7. The second kappa shape index (κ2) is 12.7. The van der Waals surface area contributed by atoms with E-state index in [2.05, 4.69) is 26.0 Å². The maximum Gasteiger partial charge on any atom is 0.451 e. The zero-order valence-electron chi connectivity index (χ0n) is 24.7. The number of H-pyrrole nitrogens is 1. The zero-order chi connectivity index (χ0) is 32.7. The molecule has 2 aliphatic rings. The van der Waals surface area contributed by atoms with E-state index in [4.69, 9.17) is 26.1 Å². The van der Waals surface area contributed by atoms with Gasteiger partial charge in [-0.25, -0.2) is 23.7 Å². The smallest absolute Gasteiger partial charge is 0.451 e. The summed E-state index contributed by atoms with van der Waals surface area (Å²) in [6, 6.07) is 10.5. The minimum atomic E-state index is -4.64. The van der Waals surface area contributed by atoms with Gasteiger partial charge in [0, 0.05) is 42.0 Å². The fraction of sp³-hybridized carbons (Fsp3) is 0.312. The molecule has 1 N–H and O–H groups in total. The molecule has 244 valence electrons. The molecule has 7 rings (SSSR count). The Morgan fingerprint density at radius 2 is 1.89 bits per heavy atom. The molecule has 1 atom stereocenters. The van der Waals surface area contributed by atoms with Crippen LogP contribution in [-0.4, -0.2) is 60.4 Å². The summed E-state index contributed by atoms with van der Waals surface area (Å²) in [5.74, 6) is -1.60. The average molecular weight is 672 g/mol. The summed E-state index contributed by atoms with van der Waals surface area (Å²) in [7, 11) is 0. The number of alkyl halides is 3. The number of nitrogens with one attached hydrogen (secondary N) is 1. The van der Waals surface area contributed by atoms with E-state index >= 15 is 0 Å². The molecule has 2 aliphatic heterocycles. The number of pyridine rings is 1. The van der Waals surface area contributed by atoms with Gasteiger partial charge in [0.05, 0.1) is 19.2 Å². The van der Waals surface area contributed by atoms with Crippen molar-refractivity contribution in [2.45, 2.75) is 44.8 Å². The van der Waals surface area contributed by atoms with E-state index < -0.39 is 23.6 Å². The molecule has 0 spiro atoms. The minimum absolute atomic E-state index is 0.0221. The summed E-state index contributed by atoms with van der Waals surface area (Å²) in [6.07, 6.45) is 0.472. The summed E-state index contributed by atoms with van der Waals surface area (Å²) in [5.41, 5.74) is 3.52. The van der Waals surface area contributed by atoms with Crippen LogP contribution >= 0.6 is 11.6 Å². The van der Waals surface area contributed by atoms with Crippen molar-refractivity contribution in [3.8, 4) is 17.1 Å². The summed E-state index contributed by atoms with van der Waals surface area (Å²) in [6.45, 7) is 2.86. The molecule has 9 nitrogen and oxygen atoms in total. The van der Waals surface area contributed by atoms with Crippen molar-refractivity contribution in [3.05, 3.63) is 94.2 Å². The lowest BCUT2D eigenvalue weighted by molar-refractivity contribution is -0.144. The second-order valence-electron chi connectivity index (χ2n) is 11.4. The van der Waals surface area contributed by atoms with Gasteiger partial charge in [0.25, 0.3) is 0 Å². The van der Waals surface area contributed by atoms with Gasteiger partial charge in [0.2, 0.25) is 5.82 Å².